The topological polar surface area (TPSA) is 58.1 Å². The molecule has 2 N–H and O–H groups in total. The second kappa shape index (κ2) is 13.9. The number of unbranched alkanes of at least 4 members (excludes halogenated alkanes) is 1. The fourth-order valence-electron chi connectivity index (χ4n) is 2.35. The molecule has 26 heavy (non-hydrogen) atoms. The molecule has 0 aliphatic heterocycles. The van der Waals surface area contributed by atoms with Gasteiger partial charge >= 0.3 is 0 Å². The van der Waals surface area contributed by atoms with Crippen LogP contribution in [0.3, 0.4) is 0 Å². The molecule has 0 saturated carbocycles. The predicted molar refractivity (Wildman–Crippen MR) is 120 cm³/mol. The van der Waals surface area contributed by atoms with Crippen molar-refractivity contribution in [2.24, 2.45) is 4.99 Å². The number of halogens is 1. The Bertz CT molecular complexity index is 538. The number of ether oxygens (including phenoxy) is 2. The molecule has 150 valence electrons. The largest absolute Gasteiger partial charge is 0.497 e. The summed E-state index contributed by atoms with van der Waals surface area (Å²) in [7, 11) is 7.27. The summed E-state index contributed by atoms with van der Waals surface area (Å²) < 4.78 is 10.6. The molecule has 0 aliphatic rings. The molecule has 0 amide bonds. The molecule has 7 heteroatoms. The average molecular weight is 478 g/mol. The summed E-state index contributed by atoms with van der Waals surface area (Å²) in [5.74, 6) is 2.39. The van der Waals surface area contributed by atoms with E-state index in [1.54, 1.807) is 21.3 Å². The van der Waals surface area contributed by atoms with Crippen LogP contribution in [0.2, 0.25) is 0 Å². The summed E-state index contributed by atoms with van der Waals surface area (Å²) in [6.45, 7) is 7.11. The Morgan fingerprint density at radius 2 is 1.88 bits per heavy atom. The highest BCUT2D eigenvalue weighted by Crippen LogP contribution is 2.24. The van der Waals surface area contributed by atoms with Crippen LogP contribution in [0, 0.1) is 0 Å². The molecule has 6 nitrogen and oxygen atoms in total. The highest BCUT2D eigenvalue weighted by Gasteiger charge is 2.06. The lowest BCUT2D eigenvalue weighted by Gasteiger charge is -2.20. The standard InChI is InChI=1S/C19H34N4O2.HI/c1-15(2)23(4)12-8-7-11-21-19(20-3)22-14-16-9-10-17(24-5)13-18(16)25-6;/h9-10,13,15H,7-8,11-12,14H2,1-6H3,(H2,20,21,22);1H. The van der Waals surface area contributed by atoms with Crippen molar-refractivity contribution in [1.82, 2.24) is 15.5 Å². The Morgan fingerprint density at radius 3 is 2.46 bits per heavy atom. The van der Waals surface area contributed by atoms with Gasteiger partial charge in [0.1, 0.15) is 11.5 Å². The SMILES string of the molecule is CN=C(NCCCCN(C)C(C)C)NCc1ccc(OC)cc1OC.I. The maximum Gasteiger partial charge on any atom is 0.191 e. The van der Waals surface area contributed by atoms with Crippen LogP contribution in [0.25, 0.3) is 0 Å². The normalized spacial score (nSPS) is 11.3. The molecule has 0 fully saturated rings. The van der Waals surface area contributed by atoms with Gasteiger partial charge in [-0.3, -0.25) is 4.99 Å². The number of aliphatic imine (C=N–C) groups is 1. The second-order valence-electron chi connectivity index (χ2n) is 6.31. The van der Waals surface area contributed by atoms with Crippen LogP contribution < -0.4 is 20.1 Å². The van der Waals surface area contributed by atoms with E-state index in [1.807, 2.05) is 18.2 Å². The Morgan fingerprint density at radius 1 is 1.15 bits per heavy atom. The lowest BCUT2D eigenvalue weighted by molar-refractivity contribution is 0.268. The third-order valence-electron chi connectivity index (χ3n) is 4.28. The van der Waals surface area contributed by atoms with Crippen LogP contribution in [0.4, 0.5) is 0 Å². The molecule has 1 rings (SSSR count). The molecule has 0 spiro atoms. The predicted octanol–water partition coefficient (Wildman–Crippen LogP) is 3.11. The van der Waals surface area contributed by atoms with Crippen molar-refractivity contribution in [2.75, 3.05) is 41.4 Å². The molecule has 1 aromatic carbocycles. The maximum absolute atomic E-state index is 5.42. The van der Waals surface area contributed by atoms with E-state index in [1.165, 1.54) is 6.42 Å². The van der Waals surface area contributed by atoms with Gasteiger partial charge in [0.15, 0.2) is 5.96 Å². The lowest BCUT2D eigenvalue weighted by atomic mass is 10.2. The zero-order chi connectivity index (χ0) is 18.7. The molecule has 0 radical (unpaired) electrons. The van der Waals surface area contributed by atoms with Gasteiger partial charge in [-0.2, -0.15) is 0 Å². The van der Waals surface area contributed by atoms with Crippen molar-refractivity contribution in [3.05, 3.63) is 23.8 Å². The minimum atomic E-state index is 0. The minimum absolute atomic E-state index is 0. The molecule has 1 aromatic rings. The molecule has 0 atom stereocenters. The third kappa shape index (κ3) is 8.93. The molecule has 0 heterocycles. The average Bonchev–Trinajstić information content (AvgIpc) is 2.63. The number of hydrogen-bond donors (Lipinski definition) is 2. The van der Waals surface area contributed by atoms with Gasteiger partial charge in [0.05, 0.1) is 14.2 Å². The first-order chi connectivity index (χ1) is 12.0. The van der Waals surface area contributed by atoms with Crippen LogP contribution in [0.5, 0.6) is 11.5 Å². The smallest absolute Gasteiger partial charge is 0.191 e. The van der Waals surface area contributed by atoms with Crippen molar-refractivity contribution < 1.29 is 9.47 Å². The van der Waals surface area contributed by atoms with Gasteiger partial charge < -0.3 is 25.0 Å². The summed E-state index contributed by atoms with van der Waals surface area (Å²) >= 11 is 0. The number of guanidine groups is 1. The molecule has 0 aromatic heterocycles. The molecule has 0 aliphatic carbocycles. The van der Waals surface area contributed by atoms with Gasteiger partial charge in [0.25, 0.3) is 0 Å². The first kappa shape index (κ1) is 24.8. The van der Waals surface area contributed by atoms with Crippen LogP contribution in [-0.2, 0) is 6.54 Å². The Balaban J connectivity index is 0.00000625. The zero-order valence-corrected chi connectivity index (χ0v) is 19.3. The molecule has 0 bridgehead atoms. The van der Waals surface area contributed by atoms with Crippen LogP contribution >= 0.6 is 24.0 Å². The van der Waals surface area contributed by atoms with E-state index in [9.17, 15) is 0 Å². The summed E-state index contributed by atoms with van der Waals surface area (Å²) in [6.07, 6.45) is 2.29. The van der Waals surface area contributed by atoms with E-state index in [4.69, 9.17) is 9.47 Å². The van der Waals surface area contributed by atoms with E-state index in [0.29, 0.717) is 12.6 Å². The Kier molecular flexibility index (Phi) is 13.3. The number of nitrogens with zero attached hydrogens (tertiary/aromatic N) is 2. The fourth-order valence-corrected chi connectivity index (χ4v) is 2.35. The first-order valence-corrected chi connectivity index (χ1v) is 8.87. The van der Waals surface area contributed by atoms with Crippen LogP contribution in [0.1, 0.15) is 32.3 Å². The van der Waals surface area contributed by atoms with Gasteiger partial charge in [0.2, 0.25) is 0 Å². The second-order valence-corrected chi connectivity index (χ2v) is 6.31. The molecular formula is C19H35IN4O2. The van der Waals surface area contributed by atoms with E-state index in [0.717, 1.165) is 42.5 Å². The number of methoxy groups -OCH3 is 2. The summed E-state index contributed by atoms with van der Waals surface area (Å²) in [5, 5.41) is 6.68. The van der Waals surface area contributed by atoms with Gasteiger partial charge in [-0.05, 0) is 52.4 Å². The van der Waals surface area contributed by atoms with Gasteiger partial charge in [-0.25, -0.2) is 0 Å². The number of benzene rings is 1. The molecule has 0 unspecified atom stereocenters. The van der Waals surface area contributed by atoms with Crippen molar-refractivity contribution in [3.8, 4) is 11.5 Å². The molecule has 0 saturated heterocycles. The van der Waals surface area contributed by atoms with Crippen molar-refractivity contribution in [2.45, 2.75) is 39.3 Å². The van der Waals surface area contributed by atoms with Gasteiger partial charge in [-0.15, -0.1) is 24.0 Å². The highest BCUT2D eigenvalue weighted by atomic mass is 127. The fraction of sp³-hybridized carbons (Fsp3) is 0.632. The van der Waals surface area contributed by atoms with Crippen LogP contribution in [0.15, 0.2) is 23.2 Å². The minimum Gasteiger partial charge on any atom is -0.497 e. The summed E-state index contributed by atoms with van der Waals surface area (Å²) in [6, 6.07) is 6.42. The third-order valence-corrected chi connectivity index (χ3v) is 4.28. The van der Waals surface area contributed by atoms with Gasteiger partial charge in [0, 0.05) is 37.8 Å². The first-order valence-electron chi connectivity index (χ1n) is 8.87. The zero-order valence-electron chi connectivity index (χ0n) is 17.0. The van der Waals surface area contributed by atoms with E-state index < -0.39 is 0 Å². The van der Waals surface area contributed by atoms with Crippen molar-refractivity contribution in [1.29, 1.82) is 0 Å². The summed E-state index contributed by atoms with van der Waals surface area (Å²) in [5.41, 5.74) is 1.06. The van der Waals surface area contributed by atoms with Crippen molar-refractivity contribution >= 4 is 29.9 Å². The van der Waals surface area contributed by atoms with Crippen molar-refractivity contribution in [3.63, 3.8) is 0 Å². The van der Waals surface area contributed by atoms with E-state index >= 15 is 0 Å². The number of rotatable bonds is 10. The van der Waals surface area contributed by atoms with Gasteiger partial charge in [-0.1, -0.05) is 0 Å². The Hall–Kier alpha value is -1.22. The maximum atomic E-state index is 5.42. The number of hydrogen-bond acceptors (Lipinski definition) is 4. The van der Waals surface area contributed by atoms with E-state index in [-0.39, 0.29) is 24.0 Å². The monoisotopic (exact) mass is 478 g/mol. The quantitative estimate of drug-likeness (QED) is 0.234. The Labute approximate surface area is 175 Å². The van der Waals surface area contributed by atoms with Crippen LogP contribution in [-0.4, -0.2) is 58.3 Å². The lowest BCUT2D eigenvalue weighted by Crippen LogP contribution is -2.37. The number of nitrogens with one attached hydrogen (secondary N) is 2. The summed E-state index contributed by atoms with van der Waals surface area (Å²) in [4.78, 5) is 6.64. The molecular weight excluding hydrogens is 443 g/mol. The highest BCUT2D eigenvalue weighted by molar-refractivity contribution is 14.0. The van der Waals surface area contributed by atoms with E-state index in [2.05, 4.69) is 41.4 Å².